The molecule has 0 aromatic carbocycles. The average molecular weight is 234 g/mol. The molecule has 0 unspecified atom stereocenters. The Balaban J connectivity index is 2.83. The second-order valence-electron chi connectivity index (χ2n) is 2.44. The maximum absolute atomic E-state index is 10.9. The predicted octanol–water partition coefficient (Wildman–Crippen LogP) is -0.346. The van der Waals surface area contributed by atoms with Crippen molar-refractivity contribution >= 4 is 32.8 Å². The van der Waals surface area contributed by atoms with E-state index in [1.165, 1.54) is 6.33 Å². The van der Waals surface area contributed by atoms with Crippen LogP contribution in [0.15, 0.2) is 11.5 Å². The molecular formula is C5H4ClN5O2S. The largest absolute Gasteiger partial charge is 0.341 e. The Morgan fingerprint density at radius 2 is 2.14 bits per heavy atom. The fourth-order valence-corrected chi connectivity index (χ4v) is 1.61. The summed E-state index contributed by atoms with van der Waals surface area (Å²) in [6.07, 6.45) is 1.33. The second kappa shape index (κ2) is 2.87. The molecule has 74 valence electrons. The first-order chi connectivity index (χ1) is 6.48. The summed E-state index contributed by atoms with van der Waals surface area (Å²) < 4.78 is 21.8. The lowest BCUT2D eigenvalue weighted by molar-refractivity contribution is 0.589. The summed E-state index contributed by atoms with van der Waals surface area (Å²) in [5.41, 5.74) is 0.535. The van der Waals surface area contributed by atoms with Crippen LogP contribution in [0.1, 0.15) is 0 Å². The summed E-state index contributed by atoms with van der Waals surface area (Å²) >= 11 is 5.67. The molecule has 7 nitrogen and oxygen atoms in total. The molecule has 0 fully saturated rings. The molecule has 2 heterocycles. The van der Waals surface area contributed by atoms with Crippen molar-refractivity contribution in [3.8, 4) is 0 Å². The number of aromatic nitrogens is 4. The highest BCUT2D eigenvalue weighted by molar-refractivity contribution is 7.89. The molecule has 0 aliphatic carbocycles. The Morgan fingerprint density at radius 1 is 1.43 bits per heavy atom. The molecule has 3 N–H and O–H groups in total. The van der Waals surface area contributed by atoms with Gasteiger partial charge in [0.25, 0.3) is 15.2 Å². The number of hydrogen-bond acceptors (Lipinski definition) is 5. The Morgan fingerprint density at radius 3 is 2.79 bits per heavy atom. The van der Waals surface area contributed by atoms with Gasteiger partial charge in [0.1, 0.15) is 5.52 Å². The van der Waals surface area contributed by atoms with Gasteiger partial charge in [-0.1, -0.05) is 11.6 Å². The fourth-order valence-electron chi connectivity index (χ4n) is 0.906. The van der Waals surface area contributed by atoms with E-state index in [1.807, 2.05) is 0 Å². The van der Waals surface area contributed by atoms with Gasteiger partial charge < -0.3 is 4.98 Å². The van der Waals surface area contributed by atoms with Gasteiger partial charge in [0, 0.05) is 0 Å². The SMILES string of the molecule is NS(=O)(=O)c1nc(Cl)c2[nH]cnc2n1. The molecule has 0 radical (unpaired) electrons. The molecule has 9 heteroatoms. The van der Waals surface area contributed by atoms with Crippen molar-refractivity contribution < 1.29 is 8.42 Å². The first-order valence-corrected chi connectivity index (χ1v) is 5.30. The predicted molar refractivity (Wildman–Crippen MR) is 48.1 cm³/mol. The smallest absolute Gasteiger partial charge is 0.273 e. The standard InChI is InChI=1S/C5H4ClN5O2S/c6-3-2-4(9-1-8-2)11-5(10-3)14(7,12)13/h1H,(H2,7,12,13)(H,8,9,10,11). The van der Waals surface area contributed by atoms with Crippen LogP contribution in [-0.2, 0) is 10.0 Å². The van der Waals surface area contributed by atoms with Crippen molar-refractivity contribution in [2.24, 2.45) is 5.14 Å². The molecule has 0 saturated heterocycles. The van der Waals surface area contributed by atoms with Gasteiger partial charge in [-0.25, -0.2) is 23.5 Å². The molecule has 0 spiro atoms. The van der Waals surface area contributed by atoms with Gasteiger partial charge in [0.2, 0.25) is 0 Å². The third kappa shape index (κ3) is 1.43. The van der Waals surface area contributed by atoms with Crippen molar-refractivity contribution in [2.75, 3.05) is 0 Å². The fraction of sp³-hybridized carbons (Fsp3) is 0. The van der Waals surface area contributed by atoms with E-state index in [0.29, 0.717) is 5.52 Å². The molecule has 0 aliphatic heterocycles. The van der Waals surface area contributed by atoms with E-state index in [2.05, 4.69) is 19.9 Å². The molecule has 0 bridgehead atoms. The zero-order chi connectivity index (χ0) is 10.3. The van der Waals surface area contributed by atoms with Crippen LogP contribution in [0.4, 0.5) is 0 Å². The van der Waals surface area contributed by atoms with Crippen molar-refractivity contribution in [3.63, 3.8) is 0 Å². The Labute approximate surface area is 83.4 Å². The van der Waals surface area contributed by atoms with Gasteiger partial charge in [-0.2, -0.15) is 4.98 Å². The summed E-state index contributed by atoms with van der Waals surface area (Å²) in [4.78, 5) is 13.5. The van der Waals surface area contributed by atoms with Gasteiger partial charge in [0.05, 0.1) is 6.33 Å². The summed E-state index contributed by atoms with van der Waals surface area (Å²) in [6.45, 7) is 0. The lowest BCUT2D eigenvalue weighted by Gasteiger charge is -1.96. The number of nitrogens with two attached hydrogens (primary N) is 1. The van der Waals surface area contributed by atoms with Crippen molar-refractivity contribution in [2.45, 2.75) is 5.16 Å². The molecule has 0 saturated carbocycles. The van der Waals surface area contributed by atoms with E-state index in [-0.39, 0.29) is 10.8 Å². The number of sulfonamides is 1. The van der Waals surface area contributed by atoms with Crippen LogP contribution in [-0.4, -0.2) is 28.4 Å². The van der Waals surface area contributed by atoms with Crippen LogP contribution in [0.3, 0.4) is 0 Å². The Kier molecular flexibility index (Phi) is 1.91. The first-order valence-electron chi connectivity index (χ1n) is 3.38. The lowest BCUT2D eigenvalue weighted by atomic mass is 10.6. The van der Waals surface area contributed by atoms with E-state index in [9.17, 15) is 8.42 Å². The highest BCUT2D eigenvalue weighted by atomic mass is 35.5. The third-order valence-corrected chi connectivity index (χ3v) is 2.44. The topological polar surface area (TPSA) is 115 Å². The number of aromatic amines is 1. The normalized spacial score (nSPS) is 12.1. The second-order valence-corrected chi connectivity index (χ2v) is 4.26. The first kappa shape index (κ1) is 9.31. The van der Waals surface area contributed by atoms with Crippen molar-refractivity contribution in [3.05, 3.63) is 11.5 Å². The number of hydrogen-bond donors (Lipinski definition) is 2. The maximum atomic E-state index is 10.9. The van der Waals surface area contributed by atoms with Gasteiger partial charge in [-0.15, -0.1) is 0 Å². The number of nitrogens with zero attached hydrogens (tertiary/aromatic N) is 3. The van der Waals surface area contributed by atoms with Crippen LogP contribution in [0.2, 0.25) is 5.15 Å². The van der Waals surface area contributed by atoms with Crippen LogP contribution in [0.5, 0.6) is 0 Å². The Hall–Kier alpha value is -1.25. The molecule has 0 aliphatic rings. The number of halogens is 1. The van der Waals surface area contributed by atoms with Crippen LogP contribution in [0, 0.1) is 0 Å². The van der Waals surface area contributed by atoms with Crippen LogP contribution >= 0.6 is 11.6 Å². The molecule has 0 atom stereocenters. The zero-order valence-corrected chi connectivity index (χ0v) is 8.17. The Bertz CT molecular complexity index is 591. The number of nitrogens with one attached hydrogen (secondary N) is 1. The summed E-state index contributed by atoms with van der Waals surface area (Å²) in [6, 6.07) is 0. The lowest BCUT2D eigenvalue weighted by Crippen LogP contribution is -2.16. The van der Waals surface area contributed by atoms with Gasteiger partial charge in [0.15, 0.2) is 10.8 Å². The maximum Gasteiger partial charge on any atom is 0.273 e. The minimum atomic E-state index is -3.96. The van der Waals surface area contributed by atoms with Gasteiger partial charge >= 0.3 is 0 Å². The van der Waals surface area contributed by atoms with E-state index in [4.69, 9.17) is 16.7 Å². The van der Waals surface area contributed by atoms with Gasteiger partial charge in [-0.3, -0.25) is 0 Å². The molecular weight excluding hydrogens is 230 g/mol. The van der Waals surface area contributed by atoms with Crippen LogP contribution < -0.4 is 5.14 Å². The quantitative estimate of drug-likeness (QED) is 0.516. The highest BCUT2D eigenvalue weighted by Gasteiger charge is 2.16. The highest BCUT2D eigenvalue weighted by Crippen LogP contribution is 2.17. The van der Waals surface area contributed by atoms with E-state index >= 15 is 0 Å². The molecule has 14 heavy (non-hydrogen) atoms. The monoisotopic (exact) mass is 233 g/mol. The van der Waals surface area contributed by atoms with Crippen molar-refractivity contribution in [1.29, 1.82) is 0 Å². The summed E-state index contributed by atoms with van der Waals surface area (Å²) in [5, 5.41) is 4.27. The van der Waals surface area contributed by atoms with Crippen molar-refractivity contribution in [1.82, 2.24) is 19.9 Å². The summed E-state index contributed by atoms with van der Waals surface area (Å²) in [5.74, 6) is 0. The number of fused-ring (bicyclic) bond motifs is 1. The van der Waals surface area contributed by atoms with Crippen LogP contribution in [0.25, 0.3) is 11.2 Å². The van der Waals surface area contributed by atoms with E-state index in [0.717, 1.165) is 0 Å². The number of H-pyrrole nitrogens is 1. The minimum Gasteiger partial charge on any atom is -0.341 e. The molecule has 2 aromatic heterocycles. The van der Waals surface area contributed by atoms with E-state index < -0.39 is 15.2 Å². The molecule has 2 aromatic rings. The average Bonchev–Trinajstić information content (AvgIpc) is 2.50. The van der Waals surface area contributed by atoms with Gasteiger partial charge in [-0.05, 0) is 0 Å². The van der Waals surface area contributed by atoms with E-state index in [1.54, 1.807) is 0 Å². The number of rotatable bonds is 1. The molecule has 2 rings (SSSR count). The minimum absolute atomic E-state index is 0.0310. The third-order valence-electron chi connectivity index (χ3n) is 1.48. The zero-order valence-electron chi connectivity index (χ0n) is 6.60. The summed E-state index contributed by atoms with van der Waals surface area (Å²) in [7, 11) is -3.96. The molecule has 0 amide bonds. The number of imidazole rings is 1. The number of primary sulfonamides is 1.